The summed E-state index contributed by atoms with van der Waals surface area (Å²) in [5.74, 6) is -2.33. The molecule has 0 aliphatic rings. The van der Waals surface area contributed by atoms with Crippen LogP contribution >= 0.6 is 0 Å². The maximum Gasteiger partial charge on any atom is 0.269 e. The molecular weight excluding hydrogens is 516 g/mol. The normalized spacial score (nSPS) is 12.8. The highest BCUT2D eigenvalue weighted by molar-refractivity contribution is 6.02. The van der Waals surface area contributed by atoms with Crippen molar-refractivity contribution in [1.82, 2.24) is 16.0 Å². The fourth-order valence-electron chi connectivity index (χ4n) is 3.70. The molecule has 6 N–H and O–H groups in total. The minimum atomic E-state index is -1.04. The summed E-state index contributed by atoms with van der Waals surface area (Å²) in [5, 5.41) is 21.3. The highest BCUT2D eigenvalue weighted by atomic mass is 16.6. The first-order valence-corrected chi connectivity index (χ1v) is 12.4. The van der Waals surface area contributed by atoms with Gasteiger partial charge in [-0.15, -0.1) is 0 Å². The standard InChI is InChI=1S/C28H30N6O6/c1-17(31-27(37)22-10-6-7-11-23(22)29)25(35)30-18(2)26(36)33-24(16-19-8-4-3-5-9-19)28(38)32-20-12-14-21(15-13-20)34(39)40/h3-15,17-18,24H,16,29H2,1-2H3,(H,30,35)(H,31,37)(H,32,38)(H,33,36)/t17-,18-,24-/m0/s1. The summed E-state index contributed by atoms with van der Waals surface area (Å²) >= 11 is 0. The van der Waals surface area contributed by atoms with Gasteiger partial charge in [0.2, 0.25) is 17.7 Å². The van der Waals surface area contributed by atoms with Gasteiger partial charge in [-0.3, -0.25) is 29.3 Å². The highest BCUT2D eigenvalue weighted by Crippen LogP contribution is 2.16. The Morgan fingerprint density at radius 3 is 1.98 bits per heavy atom. The first-order valence-electron chi connectivity index (χ1n) is 12.4. The molecule has 0 unspecified atom stereocenters. The van der Waals surface area contributed by atoms with E-state index < -0.39 is 46.7 Å². The maximum atomic E-state index is 13.1. The second-order valence-corrected chi connectivity index (χ2v) is 9.06. The van der Waals surface area contributed by atoms with Crippen LogP contribution in [0.1, 0.15) is 29.8 Å². The number of nitro benzene ring substituents is 1. The van der Waals surface area contributed by atoms with Crippen molar-refractivity contribution in [1.29, 1.82) is 0 Å². The van der Waals surface area contributed by atoms with Crippen LogP contribution in [0, 0.1) is 10.1 Å². The third-order valence-electron chi connectivity index (χ3n) is 5.96. The molecule has 0 spiro atoms. The molecule has 3 atom stereocenters. The van der Waals surface area contributed by atoms with E-state index in [1.807, 2.05) is 6.07 Å². The fourth-order valence-corrected chi connectivity index (χ4v) is 3.70. The Morgan fingerprint density at radius 2 is 1.35 bits per heavy atom. The number of hydrogen-bond acceptors (Lipinski definition) is 7. The monoisotopic (exact) mass is 546 g/mol. The van der Waals surface area contributed by atoms with Crippen LogP contribution in [0.15, 0.2) is 78.9 Å². The Kier molecular flexibility index (Phi) is 9.90. The van der Waals surface area contributed by atoms with Gasteiger partial charge >= 0.3 is 0 Å². The number of rotatable bonds is 11. The quantitative estimate of drug-likeness (QED) is 0.138. The summed E-state index contributed by atoms with van der Waals surface area (Å²) in [6.45, 7) is 2.91. The van der Waals surface area contributed by atoms with Gasteiger partial charge in [0.15, 0.2) is 0 Å². The molecule has 0 saturated heterocycles. The first-order chi connectivity index (χ1) is 19.0. The average molecular weight is 547 g/mol. The van der Waals surface area contributed by atoms with Crippen LogP contribution in [0.2, 0.25) is 0 Å². The zero-order chi connectivity index (χ0) is 29.2. The van der Waals surface area contributed by atoms with E-state index in [9.17, 15) is 29.3 Å². The van der Waals surface area contributed by atoms with Gasteiger partial charge in [0, 0.05) is 29.9 Å². The number of hydrogen-bond donors (Lipinski definition) is 5. The Labute approximate surface area is 230 Å². The summed E-state index contributed by atoms with van der Waals surface area (Å²) in [5.41, 5.74) is 7.25. The average Bonchev–Trinajstić information content (AvgIpc) is 2.93. The summed E-state index contributed by atoms with van der Waals surface area (Å²) < 4.78 is 0. The van der Waals surface area contributed by atoms with Crippen molar-refractivity contribution >= 4 is 40.7 Å². The molecule has 12 heteroatoms. The van der Waals surface area contributed by atoms with Crippen LogP contribution in [0.25, 0.3) is 0 Å². The number of nitrogens with one attached hydrogen (secondary N) is 4. The molecule has 3 rings (SSSR count). The smallest absolute Gasteiger partial charge is 0.269 e. The number of nitrogens with two attached hydrogens (primary N) is 1. The van der Waals surface area contributed by atoms with Crippen molar-refractivity contribution in [3.8, 4) is 0 Å². The predicted molar refractivity (Wildman–Crippen MR) is 149 cm³/mol. The Bertz CT molecular complexity index is 1380. The van der Waals surface area contributed by atoms with Gasteiger partial charge in [-0.05, 0) is 43.7 Å². The number of non-ortho nitro benzene ring substituents is 1. The number of carbonyl (C=O) groups excluding carboxylic acids is 4. The van der Waals surface area contributed by atoms with Crippen LogP contribution in [-0.2, 0) is 20.8 Å². The Balaban J connectivity index is 1.64. The van der Waals surface area contributed by atoms with Crippen LogP contribution in [-0.4, -0.2) is 46.7 Å². The summed E-state index contributed by atoms with van der Waals surface area (Å²) in [4.78, 5) is 61.6. The summed E-state index contributed by atoms with van der Waals surface area (Å²) in [6.07, 6.45) is 0.150. The lowest BCUT2D eigenvalue weighted by molar-refractivity contribution is -0.384. The van der Waals surface area contributed by atoms with E-state index in [-0.39, 0.29) is 23.4 Å². The van der Waals surface area contributed by atoms with E-state index >= 15 is 0 Å². The Morgan fingerprint density at radius 1 is 0.775 bits per heavy atom. The molecule has 0 bridgehead atoms. The zero-order valence-electron chi connectivity index (χ0n) is 21.9. The van der Waals surface area contributed by atoms with E-state index in [0.717, 1.165) is 5.56 Å². The molecule has 0 aromatic heterocycles. The second kappa shape index (κ2) is 13.5. The van der Waals surface area contributed by atoms with Crippen LogP contribution in [0.4, 0.5) is 17.1 Å². The minimum absolute atomic E-state index is 0.130. The molecule has 0 aliphatic heterocycles. The molecule has 0 saturated carbocycles. The van der Waals surface area contributed by atoms with Crippen LogP contribution in [0.3, 0.4) is 0 Å². The van der Waals surface area contributed by atoms with Crippen molar-refractivity contribution in [2.24, 2.45) is 0 Å². The fraction of sp³-hybridized carbons (Fsp3) is 0.214. The summed E-state index contributed by atoms with van der Waals surface area (Å²) in [7, 11) is 0. The lowest BCUT2D eigenvalue weighted by atomic mass is 10.0. The number of nitrogens with zero attached hydrogens (tertiary/aromatic N) is 1. The molecule has 0 fully saturated rings. The molecule has 4 amide bonds. The zero-order valence-corrected chi connectivity index (χ0v) is 21.9. The first kappa shape index (κ1) is 29.3. The number of para-hydroxylation sites is 1. The minimum Gasteiger partial charge on any atom is -0.398 e. The molecule has 12 nitrogen and oxygen atoms in total. The molecule has 3 aromatic carbocycles. The third kappa shape index (κ3) is 8.12. The van der Waals surface area contributed by atoms with E-state index in [1.165, 1.54) is 44.2 Å². The largest absolute Gasteiger partial charge is 0.398 e. The third-order valence-corrected chi connectivity index (χ3v) is 5.96. The molecule has 208 valence electrons. The molecular formula is C28H30N6O6. The van der Waals surface area contributed by atoms with Gasteiger partial charge in [-0.25, -0.2) is 0 Å². The summed E-state index contributed by atoms with van der Waals surface area (Å²) in [6, 6.07) is 17.7. The lowest BCUT2D eigenvalue weighted by Gasteiger charge is -2.22. The highest BCUT2D eigenvalue weighted by Gasteiger charge is 2.27. The predicted octanol–water partition coefficient (Wildman–Crippen LogP) is 2.17. The van der Waals surface area contributed by atoms with Crippen LogP contribution < -0.4 is 27.0 Å². The molecule has 0 heterocycles. The SMILES string of the molecule is C[C@H](NC(=O)c1ccccc1N)C(=O)N[C@@H](C)C(=O)N[C@@H](Cc1ccccc1)C(=O)Nc1ccc([N+](=O)[O-])cc1. The van der Waals surface area contributed by atoms with Crippen LogP contribution in [0.5, 0.6) is 0 Å². The van der Waals surface area contributed by atoms with Crippen molar-refractivity contribution < 1.29 is 24.1 Å². The Hall–Kier alpha value is -5.26. The number of carbonyl (C=O) groups is 4. The van der Waals surface area contributed by atoms with Gasteiger partial charge in [-0.1, -0.05) is 42.5 Å². The van der Waals surface area contributed by atoms with Crippen molar-refractivity contribution in [3.05, 3.63) is 100 Å². The number of nitro groups is 1. The molecule has 0 radical (unpaired) electrons. The van der Waals surface area contributed by atoms with Crippen molar-refractivity contribution in [2.75, 3.05) is 11.1 Å². The number of amides is 4. The maximum absolute atomic E-state index is 13.1. The van der Waals surface area contributed by atoms with E-state index in [2.05, 4.69) is 21.3 Å². The van der Waals surface area contributed by atoms with E-state index in [0.29, 0.717) is 5.69 Å². The topological polar surface area (TPSA) is 186 Å². The number of anilines is 2. The second-order valence-electron chi connectivity index (χ2n) is 9.06. The number of benzene rings is 3. The van der Waals surface area contributed by atoms with E-state index in [1.54, 1.807) is 42.5 Å². The van der Waals surface area contributed by atoms with E-state index in [4.69, 9.17) is 5.73 Å². The molecule has 40 heavy (non-hydrogen) atoms. The van der Waals surface area contributed by atoms with Gasteiger partial charge in [0.05, 0.1) is 10.5 Å². The van der Waals surface area contributed by atoms with Gasteiger partial charge in [0.1, 0.15) is 18.1 Å². The number of nitrogen functional groups attached to an aromatic ring is 1. The van der Waals surface area contributed by atoms with Gasteiger partial charge in [-0.2, -0.15) is 0 Å². The van der Waals surface area contributed by atoms with Crippen molar-refractivity contribution in [2.45, 2.75) is 38.4 Å². The molecule has 0 aliphatic carbocycles. The van der Waals surface area contributed by atoms with Gasteiger partial charge in [0.25, 0.3) is 11.6 Å². The van der Waals surface area contributed by atoms with Crippen molar-refractivity contribution in [3.63, 3.8) is 0 Å². The molecule has 3 aromatic rings. The lowest BCUT2D eigenvalue weighted by Crippen LogP contribution is -2.55. The van der Waals surface area contributed by atoms with Gasteiger partial charge < -0.3 is 27.0 Å².